The van der Waals surface area contributed by atoms with Crippen molar-refractivity contribution in [2.75, 3.05) is 6.61 Å². The molecule has 0 bridgehead atoms. The summed E-state index contributed by atoms with van der Waals surface area (Å²) in [5.74, 6) is 0. The SMILES string of the molecule is C=CCC12CCCC1(SC(C)c1ccccc1)OCC2. The van der Waals surface area contributed by atoms with E-state index in [0.717, 1.165) is 13.0 Å². The fraction of sp³-hybridized carbons (Fsp3) is 0.556. The molecule has 2 heteroatoms. The molecule has 3 unspecified atom stereocenters. The first-order valence-corrected chi connectivity index (χ1v) is 8.57. The minimum Gasteiger partial charge on any atom is -0.364 e. The molecule has 0 radical (unpaired) electrons. The van der Waals surface area contributed by atoms with Crippen LogP contribution in [-0.2, 0) is 4.74 Å². The standard InChI is InChI=1S/C18H24OS/c1-3-10-17-11-7-12-18(17,19-14-13-17)20-15(2)16-8-5-4-6-9-16/h3-6,8-9,15H,1,7,10-14H2,2H3. The minimum absolute atomic E-state index is 0.0243. The van der Waals surface area contributed by atoms with Crippen LogP contribution in [0.2, 0.25) is 0 Å². The molecule has 1 aromatic rings. The predicted molar refractivity (Wildman–Crippen MR) is 86.8 cm³/mol. The van der Waals surface area contributed by atoms with Gasteiger partial charge in [-0.1, -0.05) is 36.4 Å². The molecule has 3 rings (SSSR count). The maximum absolute atomic E-state index is 6.33. The second-order valence-corrected chi connectivity index (χ2v) is 7.75. The lowest BCUT2D eigenvalue weighted by Crippen LogP contribution is -2.37. The third-order valence-corrected chi connectivity index (χ3v) is 6.82. The molecule has 1 aliphatic heterocycles. The third-order valence-electron chi connectivity index (χ3n) is 5.06. The molecule has 2 fully saturated rings. The van der Waals surface area contributed by atoms with Crippen LogP contribution in [0.3, 0.4) is 0 Å². The van der Waals surface area contributed by atoms with Crippen molar-refractivity contribution in [3.8, 4) is 0 Å². The van der Waals surface area contributed by atoms with E-state index in [1.54, 1.807) is 0 Å². The molecule has 1 nitrogen and oxygen atoms in total. The number of thioether (sulfide) groups is 1. The highest BCUT2D eigenvalue weighted by atomic mass is 32.2. The highest BCUT2D eigenvalue weighted by Crippen LogP contribution is 2.64. The molecular formula is C18H24OS. The van der Waals surface area contributed by atoms with Gasteiger partial charge >= 0.3 is 0 Å². The Morgan fingerprint density at radius 3 is 2.85 bits per heavy atom. The molecule has 0 N–H and O–H groups in total. The summed E-state index contributed by atoms with van der Waals surface area (Å²) in [7, 11) is 0. The summed E-state index contributed by atoms with van der Waals surface area (Å²) in [6.45, 7) is 7.21. The van der Waals surface area contributed by atoms with E-state index in [1.807, 2.05) is 11.8 Å². The topological polar surface area (TPSA) is 9.23 Å². The van der Waals surface area contributed by atoms with Gasteiger partial charge in [0.1, 0.15) is 4.93 Å². The summed E-state index contributed by atoms with van der Waals surface area (Å²) >= 11 is 2.05. The van der Waals surface area contributed by atoms with E-state index in [2.05, 4.69) is 49.9 Å². The first-order chi connectivity index (χ1) is 9.71. The molecule has 1 heterocycles. The molecule has 0 amide bonds. The molecular weight excluding hydrogens is 264 g/mol. The Morgan fingerprint density at radius 1 is 1.30 bits per heavy atom. The number of hydrogen-bond acceptors (Lipinski definition) is 2. The van der Waals surface area contributed by atoms with Crippen LogP contribution in [-0.4, -0.2) is 11.5 Å². The Morgan fingerprint density at radius 2 is 2.10 bits per heavy atom. The van der Waals surface area contributed by atoms with Crippen molar-refractivity contribution in [2.45, 2.75) is 49.2 Å². The zero-order chi connectivity index (χ0) is 14.1. The van der Waals surface area contributed by atoms with Crippen LogP contribution in [0.5, 0.6) is 0 Å². The van der Waals surface area contributed by atoms with Gasteiger partial charge in [-0.05, 0) is 44.6 Å². The summed E-state index contributed by atoms with van der Waals surface area (Å²) in [6.07, 6.45) is 8.19. The van der Waals surface area contributed by atoms with Gasteiger partial charge in [0.05, 0.1) is 0 Å². The van der Waals surface area contributed by atoms with Gasteiger partial charge < -0.3 is 4.74 Å². The fourth-order valence-electron chi connectivity index (χ4n) is 4.00. The van der Waals surface area contributed by atoms with E-state index in [1.165, 1.54) is 31.2 Å². The Kier molecular flexibility index (Phi) is 3.96. The van der Waals surface area contributed by atoms with E-state index < -0.39 is 0 Å². The molecule has 1 saturated carbocycles. The second-order valence-electron chi connectivity index (χ2n) is 6.15. The van der Waals surface area contributed by atoms with Gasteiger partial charge in [0.15, 0.2) is 0 Å². The normalized spacial score (nSPS) is 33.9. The van der Waals surface area contributed by atoms with Crippen molar-refractivity contribution in [1.29, 1.82) is 0 Å². The number of hydrogen-bond donors (Lipinski definition) is 0. The maximum atomic E-state index is 6.33. The summed E-state index contributed by atoms with van der Waals surface area (Å²) in [6, 6.07) is 10.8. The molecule has 1 aromatic carbocycles. The van der Waals surface area contributed by atoms with Crippen molar-refractivity contribution in [2.24, 2.45) is 5.41 Å². The van der Waals surface area contributed by atoms with Gasteiger partial charge in [-0.15, -0.1) is 18.3 Å². The van der Waals surface area contributed by atoms with Crippen LogP contribution in [0, 0.1) is 5.41 Å². The highest BCUT2D eigenvalue weighted by Gasteiger charge is 2.59. The minimum atomic E-state index is 0.0243. The number of ether oxygens (including phenoxy) is 1. The zero-order valence-corrected chi connectivity index (χ0v) is 13.1. The molecule has 0 aromatic heterocycles. The monoisotopic (exact) mass is 288 g/mol. The van der Waals surface area contributed by atoms with E-state index in [-0.39, 0.29) is 4.93 Å². The van der Waals surface area contributed by atoms with Gasteiger partial charge in [0, 0.05) is 17.3 Å². The van der Waals surface area contributed by atoms with Crippen LogP contribution in [0.25, 0.3) is 0 Å². The highest BCUT2D eigenvalue weighted by molar-refractivity contribution is 8.00. The number of allylic oxidation sites excluding steroid dienone is 1. The molecule has 1 aliphatic carbocycles. The number of rotatable bonds is 5. The van der Waals surface area contributed by atoms with E-state index >= 15 is 0 Å². The smallest absolute Gasteiger partial charge is 0.120 e. The summed E-state index contributed by atoms with van der Waals surface area (Å²) < 4.78 is 6.33. The summed E-state index contributed by atoms with van der Waals surface area (Å²) in [4.78, 5) is 0.0243. The van der Waals surface area contributed by atoms with Crippen LogP contribution < -0.4 is 0 Å². The first kappa shape index (κ1) is 14.2. The Hall–Kier alpha value is -0.730. The molecule has 108 valence electrons. The maximum Gasteiger partial charge on any atom is 0.120 e. The van der Waals surface area contributed by atoms with Gasteiger partial charge in [0.2, 0.25) is 0 Å². The largest absolute Gasteiger partial charge is 0.364 e. The van der Waals surface area contributed by atoms with Gasteiger partial charge in [-0.25, -0.2) is 0 Å². The summed E-state index contributed by atoms with van der Waals surface area (Å²) in [5.41, 5.74) is 1.74. The zero-order valence-electron chi connectivity index (χ0n) is 12.3. The fourth-order valence-corrected chi connectivity index (χ4v) is 5.81. The average Bonchev–Trinajstić information content (AvgIpc) is 2.94. The first-order valence-electron chi connectivity index (χ1n) is 7.69. The van der Waals surface area contributed by atoms with Gasteiger partial charge in [-0.2, -0.15) is 0 Å². The van der Waals surface area contributed by atoms with Crippen molar-refractivity contribution < 1.29 is 4.74 Å². The second kappa shape index (κ2) is 5.57. The Bertz CT molecular complexity index is 458. The van der Waals surface area contributed by atoms with E-state index in [9.17, 15) is 0 Å². The van der Waals surface area contributed by atoms with Crippen LogP contribution in [0.15, 0.2) is 43.0 Å². The van der Waals surface area contributed by atoms with Crippen molar-refractivity contribution in [1.82, 2.24) is 0 Å². The van der Waals surface area contributed by atoms with Gasteiger partial charge in [-0.3, -0.25) is 0 Å². The lowest BCUT2D eigenvalue weighted by molar-refractivity contribution is 0.0382. The van der Waals surface area contributed by atoms with Crippen LogP contribution >= 0.6 is 11.8 Å². The number of benzene rings is 1. The van der Waals surface area contributed by atoms with Crippen LogP contribution in [0.4, 0.5) is 0 Å². The Labute approximate surface area is 126 Å². The molecule has 1 saturated heterocycles. The predicted octanol–water partition coefficient (Wildman–Crippen LogP) is 5.34. The number of fused-ring (bicyclic) bond motifs is 1. The van der Waals surface area contributed by atoms with Crippen molar-refractivity contribution in [3.05, 3.63) is 48.6 Å². The van der Waals surface area contributed by atoms with Crippen molar-refractivity contribution >= 4 is 11.8 Å². The molecule has 0 spiro atoms. The molecule has 3 atom stereocenters. The quantitative estimate of drug-likeness (QED) is 0.676. The molecule has 20 heavy (non-hydrogen) atoms. The van der Waals surface area contributed by atoms with Gasteiger partial charge in [0.25, 0.3) is 0 Å². The average molecular weight is 288 g/mol. The summed E-state index contributed by atoms with van der Waals surface area (Å²) in [5, 5.41) is 0.483. The van der Waals surface area contributed by atoms with Crippen molar-refractivity contribution in [3.63, 3.8) is 0 Å². The van der Waals surface area contributed by atoms with Crippen LogP contribution in [0.1, 0.15) is 49.8 Å². The van der Waals surface area contributed by atoms with E-state index in [4.69, 9.17) is 4.74 Å². The molecule has 2 aliphatic rings. The lowest BCUT2D eigenvalue weighted by atomic mass is 9.79. The third kappa shape index (κ3) is 2.23. The Balaban J connectivity index is 1.83. The van der Waals surface area contributed by atoms with E-state index in [0.29, 0.717) is 10.7 Å². The lowest BCUT2D eigenvalue weighted by Gasteiger charge is -2.40.